The normalized spacial score (nSPS) is 10.9. The summed E-state index contributed by atoms with van der Waals surface area (Å²) in [6, 6.07) is 28.5. The molecule has 3 aromatic carbocycles. The van der Waals surface area contributed by atoms with Crippen LogP contribution in [0.5, 0.6) is 5.75 Å². The molecular formula is C27H22N4O. The highest BCUT2D eigenvalue weighted by Crippen LogP contribution is 2.38. The van der Waals surface area contributed by atoms with Crippen molar-refractivity contribution in [3.63, 3.8) is 0 Å². The van der Waals surface area contributed by atoms with Gasteiger partial charge in [-0.15, -0.1) is 0 Å². The van der Waals surface area contributed by atoms with Gasteiger partial charge < -0.3 is 10.5 Å². The molecule has 5 aromatic rings. The fourth-order valence-corrected chi connectivity index (χ4v) is 3.69. The summed E-state index contributed by atoms with van der Waals surface area (Å²) in [4.78, 5) is 13.4. The average Bonchev–Trinajstić information content (AvgIpc) is 2.84. The Morgan fingerprint density at radius 2 is 1.56 bits per heavy atom. The number of nitrogens with two attached hydrogens (primary N) is 1. The molecule has 2 heterocycles. The predicted octanol–water partition coefficient (Wildman–Crippen LogP) is 5.83. The third kappa shape index (κ3) is 3.88. The second kappa shape index (κ2) is 8.47. The molecule has 0 saturated carbocycles. The van der Waals surface area contributed by atoms with Gasteiger partial charge in [0.1, 0.15) is 24.5 Å². The van der Waals surface area contributed by atoms with E-state index in [9.17, 15) is 0 Å². The van der Waals surface area contributed by atoms with E-state index in [0.29, 0.717) is 18.1 Å². The monoisotopic (exact) mass is 418 g/mol. The molecule has 5 rings (SSSR count). The van der Waals surface area contributed by atoms with Crippen LogP contribution in [0.15, 0.2) is 91.3 Å². The first-order chi connectivity index (χ1) is 15.7. The molecule has 0 radical (unpaired) electrons. The molecule has 5 heteroatoms. The summed E-state index contributed by atoms with van der Waals surface area (Å²) in [5.41, 5.74) is 12.7. The lowest BCUT2D eigenvalue weighted by Crippen LogP contribution is -2.01. The predicted molar refractivity (Wildman–Crippen MR) is 128 cm³/mol. The highest BCUT2D eigenvalue weighted by Gasteiger charge is 2.17. The number of rotatable bonds is 5. The lowest BCUT2D eigenvalue weighted by atomic mass is 9.97. The fraction of sp³-hybridized carbons (Fsp3) is 0.0741. The van der Waals surface area contributed by atoms with Crippen molar-refractivity contribution in [1.82, 2.24) is 15.0 Å². The van der Waals surface area contributed by atoms with E-state index in [1.165, 1.54) is 11.9 Å². The first-order valence-electron chi connectivity index (χ1n) is 10.4. The lowest BCUT2D eigenvalue weighted by Gasteiger charge is -2.15. The van der Waals surface area contributed by atoms with Gasteiger partial charge in [0.2, 0.25) is 0 Å². The minimum atomic E-state index is 0.413. The molecule has 0 fully saturated rings. The van der Waals surface area contributed by atoms with E-state index < -0.39 is 0 Å². The van der Waals surface area contributed by atoms with Crippen molar-refractivity contribution in [1.29, 1.82) is 0 Å². The van der Waals surface area contributed by atoms with E-state index >= 15 is 0 Å². The van der Waals surface area contributed by atoms with Crippen LogP contribution < -0.4 is 10.5 Å². The topological polar surface area (TPSA) is 73.9 Å². The summed E-state index contributed by atoms with van der Waals surface area (Å²) in [6.45, 7) is 2.54. The van der Waals surface area contributed by atoms with Crippen LogP contribution in [0.4, 0.5) is 5.82 Å². The maximum atomic E-state index is 6.23. The number of hydrogen-bond acceptors (Lipinski definition) is 5. The number of pyridine rings is 1. The molecule has 0 saturated heterocycles. The van der Waals surface area contributed by atoms with Gasteiger partial charge >= 0.3 is 0 Å². The number of ether oxygens (including phenoxy) is 1. The van der Waals surface area contributed by atoms with Crippen molar-refractivity contribution >= 4 is 16.9 Å². The van der Waals surface area contributed by atoms with E-state index in [-0.39, 0.29) is 0 Å². The Bertz CT molecular complexity index is 1380. The average molecular weight is 419 g/mol. The molecule has 0 spiro atoms. The number of para-hydroxylation sites is 1. The highest BCUT2D eigenvalue weighted by atomic mass is 16.5. The van der Waals surface area contributed by atoms with E-state index in [0.717, 1.165) is 39.1 Å². The first-order valence-corrected chi connectivity index (χ1v) is 10.4. The number of hydrogen-bond donors (Lipinski definition) is 1. The zero-order chi connectivity index (χ0) is 21.9. The van der Waals surface area contributed by atoms with Gasteiger partial charge in [0, 0.05) is 11.1 Å². The summed E-state index contributed by atoms with van der Waals surface area (Å²) < 4.78 is 6.23. The van der Waals surface area contributed by atoms with Gasteiger partial charge in [0.05, 0.1) is 11.1 Å². The third-order valence-electron chi connectivity index (χ3n) is 5.40. The van der Waals surface area contributed by atoms with Gasteiger partial charge in [-0.25, -0.2) is 15.0 Å². The highest BCUT2D eigenvalue weighted by molar-refractivity contribution is 5.95. The molecule has 0 bridgehead atoms. The van der Waals surface area contributed by atoms with Crippen molar-refractivity contribution in [2.24, 2.45) is 0 Å². The van der Waals surface area contributed by atoms with Crippen LogP contribution in [0, 0.1) is 6.92 Å². The summed E-state index contributed by atoms with van der Waals surface area (Å²) in [7, 11) is 0. The van der Waals surface area contributed by atoms with Gasteiger partial charge in [-0.1, -0.05) is 72.3 Å². The molecule has 2 N–H and O–H groups in total. The Balaban J connectivity index is 1.66. The molecule has 32 heavy (non-hydrogen) atoms. The SMILES string of the molecule is Cc1ccc(-c2cc3c(N)ncnc3nc2-c2ccccc2OCc2ccccc2)cc1. The molecule has 5 nitrogen and oxygen atoms in total. The Morgan fingerprint density at radius 1 is 0.812 bits per heavy atom. The van der Waals surface area contributed by atoms with E-state index in [1.54, 1.807) is 0 Å². The first kappa shape index (κ1) is 19.7. The summed E-state index contributed by atoms with van der Waals surface area (Å²) in [5, 5.41) is 0.731. The largest absolute Gasteiger partial charge is 0.488 e. The van der Waals surface area contributed by atoms with Crippen LogP contribution in [0.1, 0.15) is 11.1 Å². The van der Waals surface area contributed by atoms with E-state index in [4.69, 9.17) is 15.5 Å². The number of anilines is 1. The quantitative estimate of drug-likeness (QED) is 0.389. The molecule has 0 unspecified atom stereocenters. The summed E-state index contributed by atoms with van der Waals surface area (Å²) in [6.07, 6.45) is 1.44. The number of fused-ring (bicyclic) bond motifs is 1. The number of benzene rings is 3. The van der Waals surface area contributed by atoms with Crippen molar-refractivity contribution in [2.45, 2.75) is 13.5 Å². The van der Waals surface area contributed by atoms with Gasteiger partial charge in [0.15, 0.2) is 5.65 Å². The molecule has 0 atom stereocenters. The zero-order valence-electron chi connectivity index (χ0n) is 17.7. The molecule has 2 aromatic heterocycles. The van der Waals surface area contributed by atoms with Crippen LogP contribution in [0.25, 0.3) is 33.4 Å². The van der Waals surface area contributed by atoms with Crippen LogP contribution in [0.3, 0.4) is 0 Å². The second-order valence-corrected chi connectivity index (χ2v) is 7.65. The third-order valence-corrected chi connectivity index (χ3v) is 5.40. The zero-order valence-corrected chi connectivity index (χ0v) is 17.7. The summed E-state index contributed by atoms with van der Waals surface area (Å²) >= 11 is 0. The maximum Gasteiger partial charge on any atom is 0.165 e. The van der Waals surface area contributed by atoms with E-state index in [1.807, 2.05) is 60.7 Å². The van der Waals surface area contributed by atoms with E-state index in [2.05, 4.69) is 41.2 Å². The maximum absolute atomic E-state index is 6.23. The van der Waals surface area contributed by atoms with Crippen LogP contribution in [-0.2, 0) is 6.61 Å². The van der Waals surface area contributed by atoms with Gasteiger partial charge in [-0.3, -0.25) is 0 Å². The van der Waals surface area contributed by atoms with Gasteiger partial charge in [-0.05, 0) is 36.2 Å². The molecule has 0 aliphatic carbocycles. The Morgan fingerprint density at radius 3 is 2.38 bits per heavy atom. The molecule has 0 aliphatic heterocycles. The fourth-order valence-electron chi connectivity index (χ4n) is 3.69. The number of aromatic nitrogens is 3. The van der Waals surface area contributed by atoms with Crippen LogP contribution in [0.2, 0.25) is 0 Å². The second-order valence-electron chi connectivity index (χ2n) is 7.65. The van der Waals surface area contributed by atoms with Crippen molar-refractivity contribution in [2.75, 3.05) is 5.73 Å². The standard InChI is InChI=1S/C27H22N4O/c1-18-11-13-20(14-12-18)22-15-23-26(28)29-17-30-27(23)31-25(22)21-9-5-6-10-24(21)32-16-19-7-3-2-4-8-19/h2-15,17H,16H2,1H3,(H2,28,29,30,31). The van der Waals surface area contributed by atoms with Crippen molar-refractivity contribution in [3.05, 3.63) is 102 Å². The number of nitrogens with zero attached hydrogens (tertiary/aromatic N) is 3. The van der Waals surface area contributed by atoms with Crippen molar-refractivity contribution < 1.29 is 4.74 Å². The lowest BCUT2D eigenvalue weighted by molar-refractivity contribution is 0.307. The Hall–Kier alpha value is -4.25. The van der Waals surface area contributed by atoms with Crippen LogP contribution >= 0.6 is 0 Å². The molecular weight excluding hydrogens is 396 g/mol. The number of aryl methyl sites for hydroxylation is 1. The van der Waals surface area contributed by atoms with Crippen LogP contribution in [-0.4, -0.2) is 15.0 Å². The molecule has 156 valence electrons. The Kier molecular flexibility index (Phi) is 5.22. The van der Waals surface area contributed by atoms with Crippen molar-refractivity contribution in [3.8, 4) is 28.1 Å². The Labute approximate surface area is 186 Å². The van der Waals surface area contributed by atoms with Gasteiger partial charge in [0.25, 0.3) is 0 Å². The minimum absolute atomic E-state index is 0.413. The summed E-state index contributed by atoms with van der Waals surface area (Å²) in [5.74, 6) is 1.18. The van der Waals surface area contributed by atoms with Gasteiger partial charge in [-0.2, -0.15) is 0 Å². The number of nitrogen functional groups attached to an aromatic ring is 1. The molecule has 0 amide bonds. The smallest absolute Gasteiger partial charge is 0.165 e. The molecule has 0 aliphatic rings. The minimum Gasteiger partial charge on any atom is -0.488 e.